The van der Waals surface area contributed by atoms with Gasteiger partial charge in [-0.2, -0.15) is 0 Å². The fourth-order valence-electron chi connectivity index (χ4n) is 5.44. The van der Waals surface area contributed by atoms with Gasteiger partial charge in [-0.25, -0.2) is 0 Å². The number of fused-ring (bicyclic) bond motifs is 1. The van der Waals surface area contributed by atoms with E-state index in [1.807, 2.05) is 14.1 Å². The van der Waals surface area contributed by atoms with Crippen molar-refractivity contribution >= 4 is 6.29 Å². The number of hydrogen-bond donors (Lipinski definition) is 1. The lowest BCUT2D eigenvalue weighted by Crippen LogP contribution is -2.50. The predicted octanol–water partition coefficient (Wildman–Crippen LogP) is 4.44. The summed E-state index contributed by atoms with van der Waals surface area (Å²) in [6.07, 6.45) is 5.41. The second-order valence-electron chi connectivity index (χ2n) is 10.3. The van der Waals surface area contributed by atoms with Gasteiger partial charge in [0.1, 0.15) is 18.6 Å². The first-order valence-electron chi connectivity index (χ1n) is 13.3. The Hall–Kier alpha value is -2.21. The van der Waals surface area contributed by atoms with Crippen molar-refractivity contribution in [3.63, 3.8) is 0 Å². The summed E-state index contributed by atoms with van der Waals surface area (Å²) in [6, 6.07) is 17.5. The number of benzene rings is 2. The third kappa shape index (κ3) is 7.63. The van der Waals surface area contributed by atoms with E-state index in [9.17, 15) is 4.79 Å². The first kappa shape index (κ1) is 27.4. The van der Waals surface area contributed by atoms with Crippen molar-refractivity contribution in [3.8, 4) is 5.75 Å². The number of ether oxygens (including phenoxy) is 1. The Bertz CT molecular complexity index is 870. The topological polar surface area (TPSA) is 44.8 Å². The summed E-state index contributed by atoms with van der Waals surface area (Å²) in [5.41, 5.74) is 4.16. The number of aldehydes is 1. The number of hydrogen-bond acceptors (Lipinski definition) is 5. The molecule has 0 aliphatic heterocycles. The van der Waals surface area contributed by atoms with E-state index in [-0.39, 0.29) is 6.04 Å². The zero-order valence-corrected chi connectivity index (χ0v) is 22.4. The zero-order chi connectivity index (χ0) is 25.2. The smallest absolute Gasteiger partial charge is 0.137 e. The Balaban J connectivity index is 1.74. The maximum Gasteiger partial charge on any atom is 0.137 e. The normalized spacial score (nSPS) is 15.5. The highest BCUT2D eigenvalue weighted by molar-refractivity contribution is 5.58. The van der Waals surface area contributed by atoms with Crippen molar-refractivity contribution in [3.05, 3.63) is 65.2 Å². The summed E-state index contributed by atoms with van der Waals surface area (Å²) in [5.74, 6) is 1.80. The van der Waals surface area contributed by atoms with Crippen LogP contribution in [0.2, 0.25) is 0 Å². The molecule has 2 atom stereocenters. The quantitative estimate of drug-likeness (QED) is 0.383. The summed E-state index contributed by atoms with van der Waals surface area (Å²) in [6.45, 7) is 7.58. The minimum absolute atomic E-state index is 0.0827. The van der Waals surface area contributed by atoms with Crippen molar-refractivity contribution in [2.75, 3.05) is 40.8 Å². The molecule has 5 heteroatoms. The van der Waals surface area contributed by atoms with Gasteiger partial charge in [-0.3, -0.25) is 4.90 Å². The van der Waals surface area contributed by atoms with Gasteiger partial charge in [-0.15, -0.1) is 0 Å². The SMILES string of the molecule is CCC(CC)C(C=O)N(Cc1ccc(OCCN(C)C)cc1)CC(NC)C1Cc2ccccc2C1. The largest absolute Gasteiger partial charge is 0.492 e. The molecule has 2 aromatic rings. The first-order chi connectivity index (χ1) is 17.0. The Morgan fingerprint density at radius 2 is 1.66 bits per heavy atom. The van der Waals surface area contributed by atoms with Crippen molar-refractivity contribution in [1.82, 2.24) is 15.1 Å². The van der Waals surface area contributed by atoms with Crippen LogP contribution in [0.5, 0.6) is 5.75 Å². The van der Waals surface area contributed by atoms with Gasteiger partial charge in [0.05, 0.1) is 6.04 Å². The highest BCUT2D eigenvalue weighted by Crippen LogP contribution is 2.30. The van der Waals surface area contributed by atoms with E-state index in [1.165, 1.54) is 23.0 Å². The molecule has 0 saturated heterocycles. The van der Waals surface area contributed by atoms with E-state index < -0.39 is 0 Å². The van der Waals surface area contributed by atoms with Crippen molar-refractivity contribution in [2.45, 2.75) is 58.2 Å². The molecule has 0 aromatic heterocycles. The van der Waals surface area contributed by atoms with Gasteiger partial charge >= 0.3 is 0 Å². The Labute approximate surface area is 212 Å². The van der Waals surface area contributed by atoms with Gasteiger partial charge < -0.3 is 19.7 Å². The van der Waals surface area contributed by atoms with Crippen molar-refractivity contribution in [1.29, 1.82) is 0 Å². The molecular weight excluding hydrogens is 434 g/mol. The van der Waals surface area contributed by atoms with E-state index >= 15 is 0 Å². The molecule has 0 saturated carbocycles. The van der Waals surface area contributed by atoms with Crippen LogP contribution in [0.15, 0.2) is 48.5 Å². The Morgan fingerprint density at radius 3 is 2.17 bits per heavy atom. The van der Waals surface area contributed by atoms with Crippen LogP contribution in [0.25, 0.3) is 0 Å². The second-order valence-corrected chi connectivity index (χ2v) is 10.3. The maximum absolute atomic E-state index is 12.4. The molecule has 0 spiro atoms. The van der Waals surface area contributed by atoms with E-state index in [4.69, 9.17) is 4.74 Å². The van der Waals surface area contributed by atoms with Gasteiger partial charge in [0, 0.05) is 25.7 Å². The average molecular weight is 480 g/mol. The highest BCUT2D eigenvalue weighted by Gasteiger charge is 2.32. The van der Waals surface area contributed by atoms with Crippen molar-refractivity contribution < 1.29 is 9.53 Å². The molecule has 35 heavy (non-hydrogen) atoms. The average Bonchev–Trinajstić information content (AvgIpc) is 3.30. The summed E-state index contributed by atoms with van der Waals surface area (Å²) < 4.78 is 5.88. The summed E-state index contributed by atoms with van der Waals surface area (Å²) >= 11 is 0. The lowest BCUT2D eigenvalue weighted by molar-refractivity contribution is -0.114. The van der Waals surface area contributed by atoms with Gasteiger partial charge in [-0.05, 0) is 74.6 Å². The number of carbonyl (C=O) groups is 1. The first-order valence-corrected chi connectivity index (χ1v) is 13.3. The van der Waals surface area contributed by atoms with E-state index in [0.29, 0.717) is 24.5 Å². The van der Waals surface area contributed by atoms with Gasteiger partial charge in [0.2, 0.25) is 0 Å². The van der Waals surface area contributed by atoms with Crippen LogP contribution in [0, 0.1) is 11.8 Å². The fraction of sp³-hybridized carbons (Fsp3) is 0.567. The fourth-order valence-corrected chi connectivity index (χ4v) is 5.44. The van der Waals surface area contributed by atoms with Crippen LogP contribution < -0.4 is 10.1 Å². The Morgan fingerprint density at radius 1 is 1.03 bits per heavy atom. The molecule has 1 N–H and O–H groups in total. The van der Waals surface area contributed by atoms with Gasteiger partial charge in [-0.1, -0.05) is 63.1 Å². The number of nitrogens with zero attached hydrogens (tertiary/aromatic N) is 2. The molecule has 2 unspecified atom stereocenters. The van der Waals surface area contributed by atoms with Gasteiger partial charge in [0.25, 0.3) is 0 Å². The molecule has 0 fully saturated rings. The predicted molar refractivity (Wildman–Crippen MR) is 145 cm³/mol. The third-order valence-electron chi connectivity index (χ3n) is 7.66. The van der Waals surface area contributed by atoms with Crippen LogP contribution in [0.1, 0.15) is 43.4 Å². The lowest BCUT2D eigenvalue weighted by atomic mass is 9.91. The van der Waals surface area contributed by atoms with Crippen LogP contribution in [0.4, 0.5) is 0 Å². The molecule has 0 amide bonds. The second kappa shape index (κ2) is 13.8. The molecule has 3 rings (SSSR count). The van der Waals surface area contributed by atoms with Gasteiger partial charge in [0.15, 0.2) is 0 Å². The Kier molecular flexibility index (Phi) is 10.8. The van der Waals surface area contributed by atoms with E-state index in [1.54, 1.807) is 0 Å². The third-order valence-corrected chi connectivity index (χ3v) is 7.66. The van der Waals surface area contributed by atoms with Crippen LogP contribution in [0.3, 0.4) is 0 Å². The van der Waals surface area contributed by atoms with E-state index in [0.717, 1.165) is 51.1 Å². The van der Waals surface area contributed by atoms with Crippen LogP contribution >= 0.6 is 0 Å². The zero-order valence-electron chi connectivity index (χ0n) is 22.4. The summed E-state index contributed by atoms with van der Waals surface area (Å²) in [5, 5.41) is 3.61. The molecule has 2 aromatic carbocycles. The number of likely N-dealkylation sites (N-methyl/N-ethyl adjacent to an activating group) is 2. The molecule has 192 valence electrons. The molecule has 5 nitrogen and oxygen atoms in total. The molecule has 0 bridgehead atoms. The minimum Gasteiger partial charge on any atom is -0.492 e. The monoisotopic (exact) mass is 479 g/mol. The van der Waals surface area contributed by atoms with Crippen LogP contribution in [-0.2, 0) is 24.2 Å². The standard InChI is InChI=1S/C30H45N3O2/c1-6-24(7-2)30(22-34)33(20-23-12-14-28(15-13-23)35-17-16-32(4)5)21-29(31-3)27-18-25-10-8-9-11-26(25)19-27/h8-15,22,24,27,29-31H,6-7,16-21H2,1-5H3. The highest BCUT2D eigenvalue weighted by atomic mass is 16.5. The molecule has 1 aliphatic carbocycles. The number of rotatable bonds is 15. The van der Waals surface area contributed by atoms with E-state index in [2.05, 4.69) is 84.5 Å². The molecular formula is C30H45N3O2. The number of carbonyl (C=O) groups excluding carboxylic acids is 1. The molecule has 0 radical (unpaired) electrons. The minimum atomic E-state index is -0.0827. The summed E-state index contributed by atoms with van der Waals surface area (Å²) in [4.78, 5) is 16.9. The van der Waals surface area contributed by atoms with Crippen molar-refractivity contribution in [2.24, 2.45) is 11.8 Å². The van der Waals surface area contributed by atoms with Crippen LogP contribution in [-0.4, -0.2) is 69.0 Å². The summed E-state index contributed by atoms with van der Waals surface area (Å²) in [7, 11) is 6.17. The maximum atomic E-state index is 12.4. The lowest BCUT2D eigenvalue weighted by Gasteiger charge is -2.37. The molecule has 0 heterocycles. The number of nitrogens with one attached hydrogen (secondary N) is 1. The molecule has 1 aliphatic rings.